The number of carbonyl (C=O) groups is 1. The van der Waals surface area contributed by atoms with E-state index in [0.717, 1.165) is 31.6 Å². The molecule has 33 heavy (non-hydrogen) atoms. The zero-order chi connectivity index (χ0) is 22.7. The van der Waals surface area contributed by atoms with Gasteiger partial charge in [-0.15, -0.1) is 0 Å². The van der Waals surface area contributed by atoms with Crippen LogP contribution in [0.15, 0.2) is 40.8 Å². The molecule has 9 heteroatoms. The lowest BCUT2D eigenvalue weighted by molar-refractivity contribution is 0.0942. The van der Waals surface area contributed by atoms with Crippen molar-refractivity contribution in [3.8, 4) is 0 Å². The van der Waals surface area contributed by atoms with Crippen LogP contribution in [0.5, 0.6) is 0 Å². The highest BCUT2D eigenvalue weighted by molar-refractivity contribution is 6.10. The lowest BCUT2D eigenvalue weighted by atomic mass is 10.1. The SMILES string of the molecule is CC1=C2CC[C@@H](NC(=O)c3cn(Cc4ccc(N5CC6CC6C5)nc4C(F)F)cn3)C2=NC1. The van der Waals surface area contributed by atoms with Crippen LogP contribution in [0.4, 0.5) is 14.6 Å². The highest BCUT2D eigenvalue weighted by Gasteiger charge is 2.45. The average Bonchev–Trinajstić information content (AvgIpc) is 3.27. The highest BCUT2D eigenvalue weighted by Crippen LogP contribution is 2.46. The normalized spacial score (nSPS) is 25.5. The molecule has 4 aliphatic rings. The van der Waals surface area contributed by atoms with E-state index >= 15 is 0 Å². The number of piperidine rings is 1. The van der Waals surface area contributed by atoms with Crippen LogP contribution >= 0.6 is 0 Å². The summed E-state index contributed by atoms with van der Waals surface area (Å²) in [4.78, 5) is 27.9. The molecule has 2 aromatic heterocycles. The van der Waals surface area contributed by atoms with E-state index in [1.165, 1.54) is 23.9 Å². The van der Waals surface area contributed by atoms with Gasteiger partial charge in [0.05, 0.1) is 31.2 Å². The second-order valence-corrected chi connectivity index (χ2v) is 9.63. The number of hydrogen-bond donors (Lipinski definition) is 1. The smallest absolute Gasteiger partial charge is 0.280 e. The van der Waals surface area contributed by atoms with Crippen molar-refractivity contribution in [1.82, 2.24) is 19.9 Å². The van der Waals surface area contributed by atoms with Gasteiger partial charge in [0.15, 0.2) is 0 Å². The number of fused-ring (bicyclic) bond motifs is 2. The first-order chi connectivity index (χ1) is 16.0. The summed E-state index contributed by atoms with van der Waals surface area (Å²) in [5.41, 5.74) is 4.04. The van der Waals surface area contributed by atoms with Gasteiger partial charge in [-0.05, 0) is 60.8 Å². The Hall–Kier alpha value is -3.10. The Kier molecular flexibility index (Phi) is 4.81. The number of amides is 1. The molecule has 1 amide bonds. The van der Waals surface area contributed by atoms with Crippen LogP contribution in [0, 0.1) is 11.8 Å². The molecule has 3 fully saturated rings. The van der Waals surface area contributed by atoms with Crippen molar-refractivity contribution in [3.63, 3.8) is 0 Å². The summed E-state index contributed by atoms with van der Waals surface area (Å²) in [6, 6.07) is 3.46. The van der Waals surface area contributed by atoms with Crippen molar-refractivity contribution in [3.05, 3.63) is 52.8 Å². The average molecular weight is 453 g/mol. The van der Waals surface area contributed by atoms with E-state index in [1.54, 1.807) is 16.8 Å². The molecule has 4 heterocycles. The molecule has 0 radical (unpaired) electrons. The number of nitrogens with zero attached hydrogens (tertiary/aromatic N) is 5. The van der Waals surface area contributed by atoms with Gasteiger partial charge in [0, 0.05) is 19.3 Å². The van der Waals surface area contributed by atoms with Crippen LogP contribution in [0.3, 0.4) is 0 Å². The second-order valence-electron chi connectivity index (χ2n) is 9.63. The molecule has 0 aromatic carbocycles. The summed E-state index contributed by atoms with van der Waals surface area (Å²) < 4.78 is 29.2. The molecular weight excluding hydrogens is 426 g/mol. The van der Waals surface area contributed by atoms with Crippen LogP contribution in [-0.4, -0.2) is 51.8 Å². The van der Waals surface area contributed by atoms with Crippen molar-refractivity contribution in [2.24, 2.45) is 16.8 Å². The Morgan fingerprint density at radius 2 is 2.09 bits per heavy atom. The minimum absolute atomic E-state index is 0.0890. The molecule has 2 aliphatic heterocycles. The van der Waals surface area contributed by atoms with E-state index in [0.29, 0.717) is 29.8 Å². The molecular formula is C24H26F2N6O. The number of rotatable bonds is 6. The molecule has 6 rings (SSSR count). The summed E-state index contributed by atoms with van der Waals surface area (Å²) >= 11 is 0. The second kappa shape index (κ2) is 7.74. The Labute approximate surface area is 190 Å². The van der Waals surface area contributed by atoms with Gasteiger partial charge in [-0.3, -0.25) is 9.79 Å². The van der Waals surface area contributed by atoms with Crippen LogP contribution < -0.4 is 10.2 Å². The van der Waals surface area contributed by atoms with Crippen molar-refractivity contribution >= 4 is 17.4 Å². The van der Waals surface area contributed by atoms with Crippen LogP contribution in [0.25, 0.3) is 0 Å². The summed E-state index contributed by atoms with van der Waals surface area (Å²) in [6.45, 7) is 4.79. The summed E-state index contributed by atoms with van der Waals surface area (Å²) in [5, 5.41) is 3.02. The third kappa shape index (κ3) is 3.73. The monoisotopic (exact) mass is 452 g/mol. The maximum absolute atomic E-state index is 13.8. The van der Waals surface area contributed by atoms with E-state index in [2.05, 4.69) is 32.1 Å². The van der Waals surface area contributed by atoms with Crippen molar-refractivity contribution in [2.45, 2.75) is 45.2 Å². The quantitative estimate of drug-likeness (QED) is 0.729. The van der Waals surface area contributed by atoms with Crippen molar-refractivity contribution < 1.29 is 13.6 Å². The summed E-state index contributed by atoms with van der Waals surface area (Å²) in [5.74, 6) is 1.76. The van der Waals surface area contributed by atoms with E-state index in [4.69, 9.17) is 0 Å². The van der Waals surface area contributed by atoms with E-state index < -0.39 is 6.43 Å². The lowest BCUT2D eigenvalue weighted by Gasteiger charge is -2.20. The van der Waals surface area contributed by atoms with Gasteiger partial charge in [-0.2, -0.15) is 0 Å². The molecule has 1 saturated heterocycles. The number of aliphatic imine (C=N–C) groups is 1. The molecule has 7 nitrogen and oxygen atoms in total. The van der Waals surface area contributed by atoms with E-state index in [9.17, 15) is 13.6 Å². The van der Waals surface area contributed by atoms with Gasteiger partial charge in [-0.1, -0.05) is 6.07 Å². The predicted octanol–water partition coefficient (Wildman–Crippen LogP) is 3.38. The van der Waals surface area contributed by atoms with E-state index in [1.807, 2.05) is 6.07 Å². The largest absolute Gasteiger partial charge is 0.356 e. The number of aromatic nitrogens is 3. The minimum atomic E-state index is -2.66. The molecule has 2 aliphatic carbocycles. The number of imidazole rings is 1. The Bertz CT molecular complexity index is 1180. The number of hydrogen-bond acceptors (Lipinski definition) is 5. The molecule has 0 spiro atoms. The number of alkyl halides is 2. The third-order valence-electron chi connectivity index (χ3n) is 7.36. The fourth-order valence-corrected chi connectivity index (χ4v) is 5.41. The zero-order valence-electron chi connectivity index (χ0n) is 18.5. The fourth-order valence-electron chi connectivity index (χ4n) is 5.41. The van der Waals surface area contributed by atoms with Gasteiger partial charge in [0.25, 0.3) is 12.3 Å². The number of halogens is 2. The lowest BCUT2D eigenvalue weighted by Crippen LogP contribution is -2.37. The minimum Gasteiger partial charge on any atom is -0.356 e. The molecule has 2 unspecified atom stereocenters. The maximum Gasteiger partial charge on any atom is 0.280 e. The predicted molar refractivity (Wildman–Crippen MR) is 120 cm³/mol. The first-order valence-corrected chi connectivity index (χ1v) is 11.5. The molecule has 172 valence electrons. The number of nitrogens with one attached hydrogen (secondary N) is 1. The first-order valence-electron chi connectivity index (χ1n) is 11.5. The molecule has 0 bridgehead atoms. The van der Waals surface area contributed by atoms with Crippen molar-refractivity contribution in [1.29, 1.82) is 0 Å². The summed E-state index contributed by atoms with van der Waals surface area (Å²) in [6.07, 6.45) is 3.46. The third-order valence-corrected chi connectivity index (χ3v) is 7.36. The van der Waals surface area contributed by atoms with Gasteiger partial charge in [0.2, 0.25) is 0 Å². The Morgan fingerprint density at radius 3 is 2.88 bits per heavy atom. The highest BCUT2D eigenvalue weighted by atomic mass is 19.3. The van der Waals surface area contributed by atoms with Crippen LogP contribution in [0.1, 0.15) is 54.4 Å². The Balaban J connectivity index is 1.15. The van der Waals surface area contributed by atoms with Gasteiger partial charge >= 0.3 is 0 Å². The van der Waals surface area contributed by atoms with Gasteiger partial charge in [-0.25, -0.2) is 18.7 Å². The van der Waals surface area contributed by atoms with Crippen molar-refractivity contribution in [2.75, 3.05) is 24.5 Å². The maximum atomic E-state index is 13.8. The standard InChI is InChI=1S/C24H26F2N6O/c1-13-7-27-22-17(13)3-4-18(22)29-24(33)19-11-31(12-28-19)8-14-2-5-20(30-21(14)23(25)26)32-9-15-6-16(15)10-32/h2,5,11-12,15-16,18,23H,3-4,6-10H2,1H3,(H,29,33)/t15?,16?,18-/m1/s1. The number of carbonyl (C=O) groups excluding carboxylic acids is 1. The molecule has 2 aromatic rings. The van der Waals surface area contributed by atoms with E-state index in [-0.39, 0.29) is 29.9 Å². The van der Waals surface area contributed by atoms with Gasteiger partial charge < -0.3 is 14.8 Å². The van der Waals surface area contributed by atoms with Crippen LogP contribution in [-0.2, 0) is 6.54 Å². The molecule has 3 atom stereocenters. The fraction of sp³-hybridized carbons (Fsp3) is 0.500. The topological polar surface area (TPSA) is 75.4 Å². The molecule has 2 saturated carbocycles. The number of pyridine rings is 1. The zero-order valence-corrected chi connectivity index (χ0v) is 18.5. The Morgan fingerprint density at radius 1 is 1.27 bits per heavy atom. The van der Waals surface area contributed by atoms with Crippen LogP contribution in [0.2, 0.25) is 0 Å². The molecule has 1 N–H and O–H groups in total. The summed E-state index contributed by atoms with van der Waals surface area (Å²) in [7, 11) is 0. The number of anilines is 1. The van der Waals surface area contributed by atoms with Gasteiger partial charge in [0.1, 0.15) is 17.2 Å². The first kappa shape index (κ1) is 20.5.